The summed E-state index contributed by atoms with van der Waals surface area (Å²) >= 11 is 0. The van der Waals surface area contributed by atoms with E-state index in [-0.39, 0.29) is 17.6 Å². The standard InChI is InChI=1S/C22H22O5S/c1-16-12-15-20(28(25,26)27)19(14-13-17-8-4-2-5-9-17)22(16,24)21(23)18-10-6-3-7-11-18/h2-12,15-16,24H,13-14H2,1H3,(H,25,26,27). The van der Waals surface area contributed by atoms with E-state index in [4.69, 9.17) is 0 Å². The van der Waals surface area contributed by atoms with Gasteiger partial charge in [0.05, 0.1) is 4.91 Å². The fourth-order valence-corrected chi connectivity index (χ4v) is 4.38. The van der Waals surface area contributed by atoms with Gasteiger partial charge in [-0.05, 0) is 30.1 Å². The molecular weight excluding hydrogens is 376 g/mol. The largest absolute Gasteiger partial charge is 0.377 e. The third-order valence-electron chi connectivity index (χ3n) is 5.12. The summed E-state index contributed by atoms with van der Waals surface area (Å²) in [4.78, 5) is 12.8. The van der Waals surface area contributed by atoms with Crippen molar-refractivity contribution in [2.45, 2.75) is 25.4 Å². The summed E-state index contributed by atoms with van der Waals surface area (Å²) in [6.45, 7) is 1.65. The van der Waals surface area contributed by atoms with Crippen LogP contribution in [0.4, 0.5) is 0 Å². The molecule has 5 nitrogen and oxygen atoms in total. The molecule has 6 heteroatoms. The molecule has 0 saturated heterocycles. The Bertz CT molecular complexity index is 1020. The Kier molecular flexibility index (Phi) is 5.65. The van der Waals surface area contributed by atoms with Gasteiger partial charge in [-0.2, -0.15) is 8.42 Å². The number of ketones is 1. The first kappa shape index (κ1) is 20.2. The summed E-state index contributed by atoms with van der Waals surface area (Å²) in [6.07, 6.45) is 3.24. The predicted octanol–water partition coefficient (Wildman–Crippen LogP) is 3.58. The number of benzene rings is 2. The van der Waals surface area contributed by atoms with Gasteiger partial charge in [0.1, 0.15) is 0 Å². The molecule has 0 aliphatic heterocycles. The van der Waals surface area contributed by atoms with Gasteiger partial charge in [0, 0.05) is 11.5 Å². The number of carbonyl (C=O) groups excluding carboxylic acids is 1. The van der Waals surface area contributed by atoms with Crippen LogP contribution >= 0.6 is 0 Å². The third kappa shape index (κ3) is 3.85. The second-order valence-corrected chi connectivity index (χ2v) is 8.30. The minimum atomic E-state index is -4.61. The molecule has 0 spiro atoms. The molecule has 2 aromatic carbocycles. The minimum Gasteiger partial charge on any atom is -0.377 e. The lowest BCUT2D eigenvalue weighted by Crippen LogP contribution is -2.48. The van der Waals surface area contributed by atoms with E-state index in [0.29, 0.717) is 6.42 Å². The van der Waals surface area contributed by atoms with Crippen molar-refractivity contribution in [1.82, 2.24) is 0 Å². The number of allylic oxidation sites excluding steroid dienone is 1. The van der Waals surface area contributed by atoms with E-state index in [1.165, 1.54) is 12.2 Å². The molecule has 0 radical (unpaired) electrons. The van der Waals surface area contributed by atoms with Crippen LogP contribution in [-0.2, 0) is 16.5 Å². The molecule has 0 heterocycles. The smallest absolute Gasteiger partial charge is 0.294 e. The highest BCUT2D eigenvalue weighted by molar-refractivity contribution is 7.90. The average Bonchev–Trinajstić information content (AvgIpc) is 2.69. The number of hydrogen-bond donors (Lipinski definition) is 2. The lowest BCUT2D eigenvalue weighted by Gasteiger charge is -2.37. The van der Waals surface area contributed by atoms with Crippen LogP contribution in [0.2, 0.25) is 0 Å². The van der Waals surface area contributed by atoms with E-state index >= 15 is 0 Å². The third-order valence-corrected chi connectivity index (χ3v) is 6.06. The Morgan fingerprint density at radius 1 is 1.00 bits per heavy atom. The topological polar surface area (TPSA) is 91.7 Å². The second kappa shape index (κ2) is 7.83. The first-order valence-corrected chi connectivity index (χ1v) is 10.4. The molecule has 0 aromatic heterocycles. The lowest BCUT2D eigenvalue weighted by atomic mass is 9.72. The average molecular weight is 398 g/mol. The first-order chi connectivity index (χ1) is 13.2. The Labute approximate surface area is 164 Å². The van der Waals surface area contributed by atoms with Gasteiger partial charge in [0.2, 0.25) is 0 Å². The number of carbonyl (C=O) groups is 1. The van der Waals surface area contributed by atoms with E-state index in [2.05, 4.69) is 0 Å². The van der Waals surface area contributed by atoms with Gasteiger partial charge in [0.15, 0.2) is 11.4 Å². The monoisotopic (exact) mass is 398 g/mol. The van der Waals surface area contributed by atoms with Gasteiger partial charge in [-0.25, -0.2) is 0 Å². The number of aliphatic hydroxyl groups is 1. The predicted molar refractivity (Wildman–Crippen MR) is 107 cm³/mol. The zero-order valence-electron chi connectivity index (χ0n) is 15.4. The van der Waals surface area contributed by atoms with Crippen molar-refractivity contribution in [3.63, 3.8) is 0 Å². The maximum Gasteiger partial charge on any atom is 0.294 e. The number of Topliss-reactive ketones (excluding diaryl/α,β-unsaturated/α-hetero) is 1. The zero-order valence-corrected chi connectivity index (χ0v) is 16.3. The van der Waals surface area contributed by atoms with E-state index in [0.717, 1.165) is 5.56 Å². The highest BCUT2D eigenvalue weighted by Gasteiger charge is 2.48. The molecule has 2 aromatic rings. The van der Waals surface area contributed by atoms with Gasteiger partial charge in [-0.1, -0.05) is 73.7 Å². The van der Waals surface area contributed by atoms with Gasteiger partial charge in [-0.15, -0.1) is 0 Å². The van der Waals surface area contributed by atoms with Gasteiger partial charge in [0.25, 0.3) is 10.1 Å². The summed E-state index contributed by atoms with van der Waals surface area (Å²) in [5.41, 5.74) is -0.834. The first-order valence-electron chi connectivity index (χ1n) is 9.00. The van der Waals surface area contributed by atoms with Crippen LogP contribution < -0.4 is 0 Å². The van der Waals surface area contributed by atoms with Crippen molar-refractivity contribution in [2.24, 2.45) is 5.92 Å². The quantitative estimate of drug-likeness (QED) is 0.573. The maximum atomic E-state index is 13.2. The SMILES string of the molecule is CC1C=CC(S(=O)(=O)O)=C(CCc2ccccc2)C1(O)C(=O)c1ccccc1. The Hall–Kier alpha value is -2.54. The molecule has 28 heavy (non-hydrogen) atoms. The maximum absolute atomic E-state index is 13.2. The molecular formula is C22H22O5S. The van der Waals surface area contributed by atoms with Crippen molar-refractivity contribution in [2.75, 3.05) is 0 Å². The van der Waals surface area contributed by atoms with Crippen LogP contribution in [0, 0.1) is 5.92 Å². The lowest BCUT2D eigenvalue weighted by molar-refractivity contribution is 0.0303. The summed E-state index contributed by atoms with van der Waals surface area (Å²) in [7, 11) is -4.61. The minimum absolute atomic E-state index is 0.0164. The molecule has 146 valence electrons. The summed E-state index contributed by atoms with van der Waals surface area (Å²) in [5, 5.41) is 11.5. The van der Waals surface area contributed by atoms with Crippen LogP contribution in [0.3, 0.4) is 0 Å². The molecule has 0 fully saturated rings. The van der Waals surface area contributed by atoms with E-state index in [9.17, 15) is 22.9 Å². The summed E-state index contributed by atoms with van der Waals surface area (Å²) in [6, 6.07) is 17.6. The molecule has 1 aliphatic carbocycles. The van der Waals surface area contributed by atoms with Crippen LogP contribution in [0.5, 0.6) is 0 Å². The van der Waals surface area contributed by atoms with Crippen molar-refractivity contribution in [3.05, 3.63) is 94.4 Å². The van der Waals surface area contributed by atoms with Crippen molar-refractivity contribution in [3.8, 4) is 0 Å². The summed E-state index contributed by atoms with van der Waals surface area (Å²) < 4.78 is 33.7. The van der Waals surface area contributed by atoms with E-state index in [1.54, 1.807) is 37.3 Å². The van der Waals surface area contributed by atoms with Crippen LogP contribution in [0.15, 0.2) is 83.3 Å². The summed E-state index contributed by atoms with van der Waals surface area (Å²) in [5.74, 6) is -1.24. The van der Waals surface area contributed by atoms with Crippen LogP contribution in [-0.4, -0.2) is 29.5 Å². The Balaban J connectivity index is 2.10. The highest BCUT2D eigenvalue weighted by Crippen LogP contribution is 2.40. The van der Waals surface area contributed by atoms with Crippen molar-refractivity contribution in [1.29, 1.82) is 0 Å². The molecule has 1 aliphatic rings. The highest BCUT2D eigenvalue weighted by atomic mass is 32.2. The van der Waals surface area contributed by atoms with Gasteiger partial charge < -0.3 is 5.11 Å². The molecule has 2 atom stereocenters. The van der Waals surface area contributed by atoms with E-state index < -0.39 is 32.3 Å². The number of hydrogen-bond acceptors (Lipinski definition) is 4. The van der Waals surface area contributed by atoms with Crippen molar-refractivity contribution >= 4 is 15.9 Å². The van der Waals surface area contributed by atoms with Gasteiger partial charge >= 0.3 is 0 Å². The molecule has 2 N–H and O–H groups in total. The van der Waals surface area contributed by atoms with Crippen molar-refractivity contribution < 1.29 is 22.9 Å². The number of rotatable bonds is 6. The molecule has 0 bridgehead atoms. The Morgan fingerprint density at radius 2 is 1.57 bits per heavy atom. The molecule has 0 saturated carbocycles. The van der Waals surface area contributed by atoms with E-state index in [1.807, 2.05) is 30.3 Å². The molecule has 0 amide bonds. The Morgan fingerprint density at radius 3 is 2.14 bits per heavy atom. The van der Waals surface area contributed by atoms with Crippen LogP contribution in [0.25, 0.3) is 0 Å². The fraction of sp³-hybridized carbons (Fsp3) is 0.227. The molecule has 2 unspecified atom stereocenters. The molecule has 3 rings (SSSR count). The number of aryl methyl sites for hydroxylation is 1. The normalized spacial score (nSPS) is 22.3. The van der Waals surface area contributed by atoms with Crippen LogP contribution in [0.1, 0.15) is 29.3 Å². The second-order valence-electron chi connectivity index (χ2n) is 6.91. The van der Waals surface area contributed by atoms with Gasteiger partial charge in [-0.3, -0.25) is 9.35 Å². The fourth-order valence-electron chi connectivity index (χ4n) is 3.56. The zero-order chi connectivity index (χ0) is 20.4.